The van der Waals surface area contributed by atoms with Gasteiger partial charge in [0.05, 0.1) is 5.56 Å². The molecule has 0 spiro atoms. The fourth-order valence-corrected chi connectivity index (χ4v) is 3.73. The number of Topliss-reactive ketones (excluding diaryl/α,β-unsaturated/α-hetero) is 1. The third kappa shape index (κ3) is 3.51. The molecule has 0 radical (unpaired) electrons. The van der Waals surface area contributed by atoms with Crippen molar-refractivity contribution in [1.82, 2.24) is 14.8 Å². The molecule has 6 nitrogen and oxygen atoms in total. The topological polar surface area (TPSA) is 73.5 Å². The minimum atomic E-state index is -0.684. The third-order valence-electron chi connectivity index (χ3n) is 5.28. The molecule has 7 heteroatoms. The van der Waals surface area contributed by atoms with E-state index >= 15 is 0 Å². The first kappa shape index (κ1) is 18.9. The molecule has 0 aliphatic carbocycles. The highest BCUT2D eigenvalue weighted by Gasteiger charge is 2.34. The fourth-order valence-electron chi connectivity index (χ4n) is 3.73. The molecule has 2 heterocycles. The van der Waals surface area contributed by atoms with Gasteiger partial charge in [-0.2, -0.15) is 0 Å². The first-order chi connectivity index (χ1) is 14.0. The van der Waals surface area contributed by atoms with Crippen molar-refractivity contribution < 1.29 is 18.8 Å². The smallest absolute Gasteiger partial charge is 0.295 e. The van der Waals surface area contributed by atoms with Crippen LogP contribution < -0.4 is 0 Å². The number of piperazine rings is 1. The molecule has 1 N–H and O–H groups in total. The van der Waals surface area contributed by atoms with Gasteiger partial charge in [-0.15, -0.1) is 0 Å². The van der Waals surface area contributed by atoms with Gasteiger partial charge in [-0.3, -0.25) is 14.4 Å². The monoisotopic (exact) mass is 393 g/mol. The van der Waals surface area contributed by atoms with Gasteiger partial charge in [-0.25, -0.2) is 4.39 Å². The summed E-state index contributed by atoms with van der Waals surface area (Å²) >= 11 is 0. The second kappa shape index (κ2) is 7.50. The van der Waals surface area contributed by atoms with Crippen molar-refractivity contribution >= 4 is 28.5 Å². The standard InChI is InChI=1S/C22H20FN3O3/c1-14-13-25(21(28)15-5-3-2-4-6-15)9-10-26(14)22(29)20(27)18-12-24-19-8-7-16(23)11-17(18)19/h2-8,11-12,14,24H,9-10,13H2,1H3/t14-/m1/s1. The first-order valence-corrected chi connectivity index (χ1v) is 9.42. The predicted molar refractivity (Wildman–Crippen MR) is 106 cm³/mol. The Morgan fingerprint density at radius 1 is 1.07 bits per heavy atom. The Balaban J connectivity index is 1.49. The van der Waals surface area contributed by atoms with Crippen molar-refractivity contribution in [2.45, 2.75) is 13.0 Å². The van der Waals surface area contributed by atoms with Gasteiger partial charge < -0.3 is 14.8 Å². The molecule has 1 fully saturated rings. The van der Waals surface area contributed by atoms with Gasteiger partial charge in [0.2, 0.25) is 0 Å². The van der Waals surface area contributed by atoms with Crippen molar-refractivity contribution in [2.24, 2.45) is 0 Å². The zero-order valence-corrected chi connectivity index (χ0v) is 15.9. The van der Waals surface area contributed by atoms with Gasteiger partial charge in [0, 0.05) is 48.3 Å². The molecule has 0 bridgehead atoms. The van der Waals surface area contributed by atoms with Crippen LogP contribution in [0.2, 0.25) is 0 Å². The van der Waals surface area contributed by atoms with E-state index in [9.17, 15) is 18.8 Å². The molecule has 2 amide bonds. The Labute approximate surface area is 166 Å². The van der Waals surface area contributed by atoms with E-state index in [4.69, 9.17) is 0 Å². The zero-order valence-electron chi connectivity index (χ0n) is 15.9. The average Bonchev–Trinajstić information content (AvgIpc) is 3.15. The number of nitrogens with one attached hydrogen (secondary N) is 1. The number of aromatic amines is 1. The molecule has 148 valence electrons. The van der Waals surface area contributed by atoms with E-state index in [-0.39, 0.29) is 24.1 Å². The van der Waals surface area contributed by atoms with Crippen LogP contribution in [0, 0.1) is 5.82 Å². The second-order valence-electron chi connectivity index (χ2n) is 7.19. The van der Waals surface area contributed by atoms with Gasteiger partial charge >= 0.3 is 0 Å². The fraction of sp³-hybridized carbons (Fsp3) is 0.227. The van der Waals surface area contributed by atoms with E-state index in [0.717, 1.165) is 0 Å². The van der Waals surface area contributed by atoms with Crippen molar-refractivity contribution in [3.8, 4) is 0 Å². The van der Waals surface area contributed by atoms with Crippen LogP contribution in [0.3, 0.4) is 0 Å². The van der Waals surface area contributed by atoms with E-state index in [1.807, 2.05) is 13.0 Å². The molecule has 1 aliphatic heterocycles. The number of aromatic nitrogens is 1. The first-order valence-electron chi connectivity index (χ1n) is 9.42. The molecule has 2 aromatic carbocycles. The van der Waals surface area contributed by atoms with Crippen LogP contribution in [0.1, 0.15) is 27.6 Å². The molecular formula is C22H20FN3O3. The maximum absolute atomic E-state index is 13.6. The molecule has 0 saturated carbocycles. The molecule has 0 unspecified atom stereocenters. The van der Waals surface area contributed by atoms with Crippen LogP contribution in [0.5, 0.6) is 0 Å². The second-order valence-corrected chi connectivity index (χ2v) is 7.19. The summed E-state index contributed by atoms with van der Waals surface area (Å²) in [6.45, 7) is 2.76. The Kier molecular flexibility index (Phi) is 4.88. The predicted octanol–water partition coefficient (Wildman–Crippen LogP) is 2.86. The van der Waals surface area contributed by atoms with Gasteiger partial charge in [0.1, 0.15) is 5.82 Å². The number of hydrogen-bond acceptors (Lipinski definition) is 3. The molecule has 1 aliphatic rings. The number of fused-ring (bicyclic) bond motifs is 1. The lowest BCUT2D eigenvalue weighted by atomic mass is 10.1. The van der Waals surface area contributed by atoms with E-state index in [0.29, 0.717) is 29.6 Å². The Bertz CT molecular complexity index is 1090. The number of carbonyl (C=O) groups is 3. The van der Waals surface area contributed by atoms with Crippen LogP contribution in [-0.2, 0) is 4.79 Å². The zero-order chi connectivity index (χ0) is 20.5. The summed E-state index contributed by atoms with van der Waals surface area (Å²) in [6.07, 6.45) is 1.43. The molecule has 29 heavy (non-hydrogen) atoms. The number of nitrogens with zero attached hydrogens (tertiary/aromatic N) is 2. The van der Waals surface area contributed by atoms with Crippen LogP contribution in [-0.4, -0.2) is 58.1 Å². The highest BCUT2D eigenvalue weighted by molar-refractivity contribution is 6.44. The van der Waals surface area contributed by atoms with Crippen molar-refractivity contribution in [3.63, 3.8) is 0 Å². The summed E-state index contributed by atoms with van der Waals surface area (Å²) in [5.74, 6) is -1.89. The normalized spacial score (nSPS) is 16.8. The Morgan fingerprint density at radius 3 is 2.55 bits per heavy atom. The number of ketones is 1. The quantitative estimate of drug-likeness (QED) is 0.549. The SMILES string of the molecule is C[C@@H]1CN(C(=O)c2ccccc2)CCN1C(=O)C(=O)c1c[nH]c2ccc(F)cc12. The van der Waals surface area contributed by atoms with Crippen molar-refractivity contribution in [2.75, 3.05) is 19.6 Å². The summed E-state index contributed by atoms with van der Waals surface area (Å²) in [5, 5.41) is 0.383. The maximum Gasteiger partial charge on any atom is 0.295 e. The molecule has 1 atom stereocenters. The summed E-state index contributed by atoms with van der Waals surface area (Å²) in [5.41, 5.74) is 1.34. The van der Waals surface area contributed by atoms with E-state index in [1.54, 1.807) is 29.2 Å². The van der Waals surface area contributed by atoms with E-state index < -0.39 is 17.5 Å². The summed E-state index contributed by atoms with van der Waals surface area (Å²) in [7, 11) is 0. The number of carbonyl (C=O) groups excluding carboxylic acids is 3. The molecule has 3 aromatic rings. The Morgan fingerprint density at radius 2 is 1.83 bits per heavy atom. The molecular weight excluding hydrogens is 373 g/mol. The summed E-state index contributed by atoms with van der Waals surface area (Å²) in [6, 6.07) is 12.7. The maximum atomic E-state index is 13.6. The van der Waals surface area contributed by atoms with Crippen molar-refractivity contribution in [1.29, 1.82) is 0 Å². The number of hydrogen-bond donors (Lipinski definition) is 1. The highest BCUT2D eigenvalue weighted by Crippen LogP contribution is 2.22. The summed E-state index contributed by atoms with van der Waals surface area (Å²) < 4.78 is 13.6. The van der Waals surface area contributed by atoms with E-state index in [1.165, 1.54) is 29.3 Å². The highest BCUT2D eigenvalue weighted by atomic mass is 19.1. The summed E-state index contributed by atoms with van der Waals surface area (Å²) in [4.78, 5) is 44.3. The molecule has 4 rings (SSSR count). The minimum absolute atomic E-state index is 0.0945. The van der Waals surface area contributed by atoms with Crippen LogP contribution in [0.25, 0.3) is 10.9 Å². The number of amides is 2. The van der Waals surface area contributed by atoms with Gasteiger partial charge in [-0.1, -0.05) is 18.2 Å². The lowest BCUT2D eigenvalue weighted by molar-refractivity contribution is -0.130. The van der Waals surface area contributed by atoms with Crippen molar-refractivity contribution in [3.05, 3.63) is 71.7 Å². The largest absolute Gasteiger partial charge is 0.360 e. The van der Waals surface area contributed by atoms with E-state index in [2.05, 4.69) is 4.98 Å². The Hall–Kier alpha value is -3.48. The van der Waals surface area contributed by atoms with Gasteiger partial charge in [0.25, 0.3) is 17.6 Å². The lowest BCUT2D eigenvalue weighted by Gasteiger charge is -2.39. The lowest BCUT2D eigenvalue weighted by Crippen LogP contribution is -2.56. The molecule has 1 aromatic heterocycles. The average molecular weight is 393 g/mol. The van der Waals surface area contributed by atoms with Crippen LogP contribution in [0.4, 0.5) is 4.39 Å². The van der Waals surface area contributed by atoms with Gasteiger partial charge in [-0.05, 0) is 37.3 Å². The van der Waals surface area contributed by atoms with Crippen LogP contribution in [0.15, 0.2) is 54.7 Å². The molecule has 1 saturated heterocycles. The minimum Gasteiger partial charge on any atom is -0.360 e. The number of rotatable bonds is 3. The third-order valence-corrected chi connectivity index (χ3v) is 5.28. The van der Waals surface area contributed by atoms with Gasteiger partial charge in [0.15, 0.2) is 0 Å². The number of benzene rings is 2. The number of halogens is 1. The van der Waals surface area contributed by atoms with Crippen LogP contribution >= 0.6 is 0 Å². The number of H-pyrrole nitrogens is 1.